The largest absolute Gasteiger partial charge is 0.467 e. The van der Waals surface area contributed by atoms with Gasteiger partial charge in [0.05, 0.1) is 23.9 Å². The molecule has 0 atom stereocenters. The molecular weight excluding hydrogens is 564 g/mol. The van der Waals surface area contributed by atoms with Crippen molar-refractivity contribution in [2.75, 3.05) is 0 Å². The fourth-order valence-corrected chi connectivity index (χ4v) is 4.65. The summed E-state index contributed by atoms with van der Waals surface area (Å²) < 4.78 is 114. The summed E-state index contributed by atoms with van der Waals surface area (Å²) in [7, 11) is -4.60. The third-order valence-corrected chi connectivity index (χ3v) is 6.85. The number of carbonyl (C=O) groups is 1. The number of amides is 1. The van der Waals surface area contributed by atoms with Gasteiger partial charge in [0.25, 0.3) is 5.91 Å². The van der Waals surface area contributed by atoms with Crippen LogP contribution in [0.25, 0.3) is 0 Å². The van der Waals surface area contributed by atoms with E-state index in [0.717, 1.165) is 36.4 Å². The Morgan fingerprint density at radius 1 is 0.775 bits per heavy atom. The van der Waals surface area contributed by atoms with Crippen LogP contribution in [0.3, 0.4) is 0 Å². The molecule has 0 saturated carbocycles. The molecule has 13 heteroatoms. The van der Waals surface area contributed by atoms with Gasteiger partial charge in [-0.1, -0.05) is 24.3 Å². The normalized spacial score (nSPS) is 12.2. The Kier molecular flexibility index (Phi) is 7.96. The SMILES string of the molecule is O=C(c1cccc(C(F)(F)F)c1)N(Cc1ccc(OS(=O)(=O)c2cccc(C(F)(F)F)c2)cc1)Cc1ccco1. The Labute approximate surface area is 224 Å². The number of carbonyl (C=O) groups excluding carboxylic acids is 1. The second-order valence-corrected chi connectivity index (χ2v) is 10.1. The summed E-state index contributed by atoms with van der Waals surface area (Å²) in [6.07, 6.45) is -8.02. The minimum Gasteiger partial charge on any atom is -0.467 e. The first kappa shape index (κ1) is 28.7. The summed E-state index contributed by atoms with van der Waals surface area (Å²) in [6, 6.07) is 15.5. The predicted octanol–water partition coefficient (Wildman–Crippen LogP) is 6.93. The monoisotopic (exact) mass is 583 g/mol. The molecule has 40 heavy (non-hydrogen) atoms. The number of rotatable bonds is 8. The summed E-state index contributed by atoms with van der Waals surface area (Å²) >= 11 is 0. The van der Waals surface area contributed by atoms with Crippen molar-refractivity contribution in [2.24, 2.45) is 0 Å². The zero-order valence-electron chi connectivity index (χ0n) is 20.2. The third-order valence-electron chi connectivity index (χ3n) is 5.60. The van der Waals surface area contributed by atoms with Crippen molar-refractivity contribution in [1.29, 1.82) is 0 Å². The average molecular weight is 584 g/mol. The second kappa shape index (κ2) is 11.1. The van der Waals surface area contributed by atoms with Gasteiger partial charge in [0.2, 0.25) is 0 Å². The molecule has 0 unspecified atom stereocenters. The van der Waals surface area contributed by atoms with Gasteiger partial charge in [-0.3, -0.25) is 4.79 Å². The summed E-state index contributed by atoms with van der Waals surface area (Å²) in [5.74, 6) is -0.551. The van der Waals surface area contributed by atoms with Gasteiger partial charge in [-0.25, -0.2) is 0 Å². The third kappa shape index (κ3) is 7.03. The van der Waals surface area contributed by atoms with Crippen LogP contribution in [0.15, 0.2) is 101 Å². The lowest BCUT2D eigenvalue weighted by atomic mass is 10.1. The van der Waals surface area contributed by atoms with Crippen LogP contribution in [0.5, 0.6) is 5.75 Å². The molecule has 0 bridgehead atoms. The Bertz CT molecular complexity index is 1580. The maximum absolute atomic E-state index is 13.2. The first-order valence-electron chi connectivity index (χ1n) is 11.4. The van der Waals surface area contributed by atoms with E-state index in [-0.39, 0.29) is 24.4 Å². The molecule has 0 saturated heterocycles. The number of nitrogens with zero attached hydrogens (tertiary/aromatic N) is 1. The Balaban J connectivity index is 1.54. The highest BCUT2D eigenvalue weighted by molar-refractivity contribution is 7.87. The Hall–Kier alpha value is -4.26. The van der Waals surface area contributed by atoms with Gasteiger partial charge >= 0.3 is 22.5 Å². The first-order valence-corrected chi connectivity index (χ1v) is 12.8. The van der Waals surface area contributed by atoms with Gasteiger partial charge in [0, 0.05) is 12.1 Å². The highest BCUT2D eigenvalue weighted by Crippen LogP contribution is 2.32. The molecule has 1 amide bonds. The van der Waals surface area contributed by atoms with Crippen molar-refractivity contribution >= 4 is 16.0 Å². The minimum atomic E-state index is -4.75. The minimum absolute atomic E-state index is 0.0791. The topological polar surface area (TPSA) is 76.8 Å². The number of benzene rings is 3. The molecule has 1 heterocycles. The highest BCUT2D eigenvalue weighted by atomic mass is 32.2. The zero-order valence-corrected chi connectivity index (χ0v) is 21.1. The van der Waals surface area contributed by atoms with Crippen LogP contribution in [0, 0.1) is 0 Å². The highest BCUT2D eigenvalue weighted by Gasteiger charge is 2.33. The van der Waals surface area contributed by atoms with E-state index in [1.54, 1.807) is 12.1 Å². The fourth-order valence-electron chi connectivity index (χ4n) is 3.67. The van der Waals surface area contributed by atoms with Crippen molar-refractivity contribution in [3.63, 3.8) is 0 Å². The molecule has 4 aromatic rings. The number of halogens is 6. The molecule has 0 aliphatic heterocycles. The summed E-state index contributed by atoms with van der Waals surface area (Å²) in [5, 5.41) is 0. The van der Waals surface area contributed by atoms with Crippen molar-refractivity contribution in [2.45, 2.75) is 30.3 Å². The van der Waals surface area contributed by atoms with Crippen molar-refractivity contribution < 1.29 is 48.2 Å². The summed E-state index contributed by atoms with van der Waals surface area (Å²) in [5.41, 5.74) is -1.89. The van der Waals surface area contributed by atoms with Crippen LogP contribution in [-0.2, 0) is 35.6 Å². The van der Waals surface area contributed by atoms with E-state index in [9.17, 15) is 39.6 Å². The van der Waals surface area contributed by atoms with Crippen LogP contribution in [0.1, 0.15) is 32.8 Å². The fraction of sp³-hybridized carbons (Fsp3) is 0.148. The average Bonchev–Trinajstić information content (AvgIpc) is 3.41. The van der Waals surface area contributed by atoms with Crippen LogP contribution in [0.4, 0.5) is 26.3 Å². The maximum Gasteiger partial charge on any atom is 0.416 e. The van der Waals surface area contributed by atoms with E-state index >= 15 is 0 Å². The predicted molar refractivity (Wildman–Crippen MR) is 129 cm³/mol. The van der Waals surface area contributed by atoms with Crippen molar-refractivity contribution in [1.82, 2.24) is 4.90 Å². The van der Waals surface area contributed by atoms with E-state index in [4.69, 9.17) is 8.60 Å². The number of hydrogen-bond donors (Lipinski definition) is 0. The standard InChI is InChI=1S/C27H19F6NO5S/c28-26(29,30)20-5-1-4-19(14-20)25(35)34(17-23-7-3-13-38-23)16-18-9-11-22(12-10-18)39-40(36,37)24-8-2-6-21(15-24)27(31,32)33/h1-15H,16-17H2. The second-order valence-electron chi connectivity index (χ2n) is 8.53. The summed E-state index contributed by atoms with van der Waals surface area (Å²) in [6.45, 7) is -0.180. The van der Waals surface area contributed by atoms with E-state index in [0.29, 0.717) is 17.4 Å². The number of hydrogen-bond acceptors (Lipinski definition) is 5. The zero-order chi connectivity index (χ0) is 29.1. The van der Waals surface area contributed by atoms with Crippen LogP contribution >= 0.6 is 0 Å². The van der Waals surface area contributed by atoms with Crippen LogP contribution in [0.2, 0.25) is 0 Å². The number of furan rings is 1. The molecule has 0 spiro atoms. The Morgan fingerprint density at radius 3 is 2.00 bits per heavy atom. The molecule has 0 N–H and O–H groups in total. The van der Waals surface area contributed by atoms with E-state index in [2.05, 4.69) is 0 Å². The van der Waals surface area contributed by atoms with Crippen LogP contribution < -0.4 is 4.18 Å². The molecular formula is C27H19F6NO5S. The smallest absolute Gasteiger partial charge is 0.416 e. The van der Waals surface area contributed by atoms with Gasteiger partial charge in [-0.15, -0.1) is 0 Å². The molecule has 4 rings (SSSR count). The van der Waals surface area contributed by atoms with Gasteiger partial charge in [-0.2, -0.15) is 34.8 Å². The van der Waals surface area contributed by atoms with Gasteiger partial charge in [0.1, 0.15) is 16.4 Å². The molecule has 0 aliphatic carbocycles. The van der Waals surface area contributed by atoms with Gasteiger partial charge in [-0.05, 0) is 66.2 Å². The lowest BCUT2D eigenvalue weighted by Crippen LogP contribution is -2.30. The lowest BCUT2D eigenvalue weighted by molar-refractivity contribution is -0.138. The molecule has 0 fully saturated rings. The molecule has 6 nitrogen and oxygen atoms in total. The van der Waals surface area contributed by atoms with E-state index in [1.807, 2.05) is 0 Å². The molecule has 0 radical (unpaired) electrons. The maximum atomic E-state index is 13.2. The number of alkyl halides is 6. The molecule has 210 valence electrons. The van der Waals surface area contributed by atoms with Crippen molar-refractivity contribution in [3.8, 4) is 5.75 Å². The van der Waals surface area contributed by atoms with Gasteiger partial charge in [0.15, 0.2) is 0 Å². The molecule has 3 aromatic carbocycles. The lowest BCUT2D eigenvalue weighted by Gasteiger charge is -2.22. The molecule has 0 aliphatic rings. The quantitative estimate of drug-likeness (QED) is 0.166. The van der Waals surface area contributed by atoms with Crippen molar-refractivity contribution in [3.05, 3.63) is 119 Å². The van der Waals surface area contributed by atoms with Crippen LogP contribution in [-0.4, -0.2) is 19.2 Å². The van der Waals surface area contributed by atoms with E-state index < -0.39 is 44.4 Å². The van der Waals surface area contributed by atoms with Gasteiger partial charge < -0.3 is 13.5 Å². The Morgan fingerprint density at radius 2 is 1.40 bits per heavy atom. The first-order chi connectivity index (χ1) is 18.7. The molecule has 1 aromatic heterocycles. The van der Waals surface area contributed by atoms with E-state index in [1.165, 1.54) is 41.5 Å². The summed E-state index contributed by atoms with van der Waals surface area (Å²) in [4.78, 5) is 13.7.